The summed E-state index contributed by atoms with van der Waals surface area (Å²) in [5.41, 5.74) is 6.31. The Morgan fingerprint density at radius 1 is 1.28 bits per heavy atom. The molecule has 1 fully saturated rings. The molecule has 0 unspecified atom stereocenters. The number of hydrogen-bond donors (Lipinski definition) is 3. The molecule has 1 aliphatic rings. The molecule has 1 saturated heterocycles. The van der Waals surface area contributed by atoms with Gasteiger partial charge in [-0.1, -0.05) is 29.3 Å². The molecule has 0 spiro atoms. The molecule has 4 rings (SSSR count). The number of para-hydroxylation sites is 1. The number of nitrogens with two attached hydrogens (primary N) is 1. The van der Waals surface area contributed by atoms with Gasteiger partial charge in [0.15, 0.2) is 0 Å². The molecule has 3 heterocycles. The minimum absolute atomic E-state index is 0.0510. The van der Waals surface area contributed by atoms with E-state index in [-0.39, 0.29) is 33.2 Å². The van der Waals surface area contributed by atoms with Crippen molar-refractivity contribution in [2.24, 2.45) is 0 Å². The van der Waals surface area contributed by atoms with Gasteiger partial charge in [0.1, 0.15) is 17.7 Å². The van der Waals surface area contributed by atoms with Gasteiger partial charge in [-0.15, -0.1) is 0 Å². The predicted octanol–water partition coefficient (Wildman–Crippen LogP) is 2.82. The topological polar surface area (TPSA) is 124 Å². The third-order valence-corrected chi connectivity index (χ3v) is 5.58. The first-order valence-electron chi connectivity index (χ1n) is 9.84. The zero-order chi connectivity index (χ0) is 22.7. The molecule has 11 heteroatoms. The first-order chi connectivity index (χ1) is 15.5. The highest BCUT2D eigenvalue weighted by atomic mass is 35.5. The maximum atomic E-state index is 13.1. The molecular weight excluding hydrogens is 455 g/mol. The number of rotatable bonds is 4. The van der Waals surface area contributed by atoms with Gasteiger partial charge in [-0.25, -0.2) is 4.98 Å². The molecule has 0 saturated carbocycles. The molecule has 9 nitrogen and oxygen atoms in total. The van der Waals surface area contributed by atoms with Crippen LogP contribution in [0, 0.1) is 0 Å². The van der Waals surface area contributed by atoms with Crippen LogP contribution in [0.5, 0.6) is 0 Å². The molecule has 1 atom stereocenters. The van der Waals surface area contributed by atoms with Gasteiger partial charge in [0.05, 0.1) is 40.3 Å². The standard InChI is InChI=1S/C21H20Cl2N6O3/c22-14-3-1-4-15(23)18(14)29-11-27-19(24)17(21(29)31)20(30)28-13-7-12(8-25-9-13)16-10-32-6-2-5-26-16/h1,3-4,7-9,11,16,26H,2,5-6,10,24H2,(H,28,30)/t16-/m0/s1. The largest absolute Gasteiger partial charge is 0.383 e. The Morgan fingerprint density at radius 3 is 2.84 bits per heavy atom. The minimum atomic E-state index is -0.721. The number of amides is 1. The maximum absolute atomic E-state index is 13.1. The number of nitrogen functional groups attached to an aromatic ring is 1. The van der Waals surface area contributed by atoms with Crippen LogP contribution in [0.25, 0.3) is 5.69 Å². The number of ether oxygens (including phenoxy) is 1. The molecule has 3 aromatic rings. The van der Waals surface area contributed by atoms with Gasteiger partial charge in [-0.3, -0.25) is 19.1 Å². The molecule has 32 heavy (non-hydrogen) atoms. The molecule has 4 N–H and O–H groups in total. The molecule has 0 radical (unpaired) electrons. The quantitative estimate of drug-likeness (QED) is 0.530. The number of pyridine rings is 1. The van der Waals surface area contributed by atoms with Crippen molar-refractivity contribution < 1.29 is 9.53 Å². The van der Waals surface area contributed by atoms with Crippen LogP contribution in [0.2, 0.25) is 10.0 Å². The number of hydrogen-bond acceptors (Lipinski definition) is 7. The van der Waals surface area contributed by atoms with Crippen LogP contribution in [0.4, 0.5) is 11.5 Å². The molecule has 1 aliphatic heterocycles. The van der Waals surface area contributed by atoms with Crippen LogP contribution in [-0.4, -0.2) is 40.2 Å². The van der Waals surface area contributed by atoms with E-state index in [1.807, 2.05) is 0 Å². The van der Waals surface area contributed by atoms with Gasteiger partial charge >= 0.3 is 0 Å². The molecule has 166 valence electrons. The molecule has 2 aromatic heterocycles. The fourth-order valence-corrected chi connectivity index (χ4v) is 3.97. The van der Waals surface area contributed by atoms with E-state index in [1.54, 1.807) is 30.5 Å². The third kappa shape index (κ3) is 4.61. The van der Waals surface area contributed by atoms with Crippen molar-refractivity contribution >= 4 is 40.6 Å². The molecule has 1 aromatic carbocycles. The average Bonchev–Trinajstić information content (AvgIpc) is 3.05. The van der Waals surface area contributed by atoms with Gasteiger partial charge < -0.3 is 21.1 Å². The third-order valence-electron chi connectivity index (χ3n) is 4.97. The van der Waals surface area contributed by atoms with E-state index in [1.165, 1.54) is 12.5 Å². The van der Waals surface area contributed by atoms with E-state index in [0.29, 0.717) is 18.9 Å². The number of benzene rings is 1. The van der Waals surface area contributed by atoms with Crippen LogP contribution < -0.4 is 21.9 Å². The predicted molar refractivity (Wildman–Crippen MR) is 123 cm³/mol. The Bertz CT molecular complexity index is 1190. The number of anilines is 2. The summed E-state index contributed by atoms with van der Waals surface area (Å²) >= 11 is 12.4. The summed E-state index contributed by atoms with van der Waals surface area (Å²) in [6.07, 6.45) is 5.28. The first-order valence-corrected chi connectivity index (χ1v) is 10.6. The fourth-order valence-electron chi connectivity index (χ4n) is 3.39. The SMILES string of the molecule is Nc1ncn(-c2c(Cl)cccc2Cl)c(=O)c1C(=O)Nc1cncc([C@@H]2COCCCN2)c1. The zero-order valence-electron chi connectivity index (χ0n) is 16.8. The van der Waals surface area contributed by atoms with Gasteiger partial charge in [0.25, 0.3) is 11.5 Å². The molecule has 1 amide bonds. The van der Waals surface area contributed by atoms with Crippen LogP contribution in [0.1, 0.15) is 28.4 Å². The van der Waals surface area contributed by atoms with E-state index in [2.05, 4.69) is 20.6 Å². The van der Waals surface area contributed by atoms with E-state index in [0.717, 1.165) is 23.1 Å². The summed E-state index contributed by atoms with van der Waals surface area (Å²) in [7, 11) is 0. The number of halogens is 2. The molecule has 0 bridgehead atoms. The maximum Gasteiger partial charge on any atom is 0.273 e. The Hall–Kier alpha value is -2.98. The lowest BCUT2D eigenvalue weighted by atomic mass is 10.1. The van der Waals surface area contributed by atoms with Gasteiger partial charge in [0.2, 0.25) is 0 Å². The second-order valence-electron chi connectivity index (χ2n) is 7.15. The lowest BCUT2D eigenvalue weighted by Gasteiger charge is -2.16. The van der Waals surface area contributed by atoms with Crippen LogP contribution in [0.15, 0.2) is 47.8 Å². The van der Waals surface area contributed by atoms with Crippen LogP contribution >= 0.6 is 23.2 Å². The second kappa shape index (κ2) is 9.66. The smallest absolute Gasteiger partial charge is 0.273 e. The first kappa shape index (κ1) is 22.2. The Kier molecular flexibility index (Phi) is 6.71. The van der Waals surface area contributed by atoms with Crippen molar-refractivity contribution in [2.75, 3.05) is 30.8 Å². The Labute approximate surface area is 193 Å². The van der Waals surface area contributed by atoms with Gasteiger partial charge in [-0.05, 0) is 36.7 Å². The minimum Gasteiger partial charge on any atom is -0.383 e. The Balaban J connectivity index is 1.65. The number of nitrogens with zero attached hydrogens (tertiary/aromatic N) is 3. The van der Waals surface area contributed by atoms with Crippen molar-refractivity contribution in [3.05, 3.63) is 74.5 Å². The lowest BCUT2D eigenvalue weighted by molar-refractivity contribution is 0.102. The zero-order valence-corrected chi connectivity index (χ0v) is 18.4. The van der Waals surface area contributed by atoms with Crippen molar-refractivity contribution in [1.82, 2.24) is 19.9 Å². The lowest BCUT2D eigenvalue weighted by Crippen LogP contribution is -2.31. The summed E-state index contributed by atoms with van der Waals surface area (Å²) in [5.74, 6) is -0.934. The van der Waals surface area contributed by atoms with E-state index in [9.17, 15) is 9.59 Å². The number of nitrogens with one attached hydrogen (secondary N) is 2. The van der Waals surface area contributed by atoms with E-state index >= 15 is 0 Å². The van der Waals surface area contributed by atoms with Gasteiger partial charge in [0, 0.05) is 12.8 Å². The summed E-state index contributed by atoms with van der Waals surface area (Å²) in [6, 6.07) is 6.52. The Morgan fingerprint density at radius 2 is 2.06 bits per heavy atom. The highest BCUT2D eigenvalue weighted by molar-refractivity contribution is 6.37. The van der Waals surface area contributed by atoms with Crippen LogP contribution in [0.3, 0.4) is 0 Å². The van der Waals surface area contributed by atoms with Crippen molar-refractivity contribution in [3.63, 3.8) is 0 Å². The molecule has 0 aliphatic carbocycles. The number of carbonyl (C=O) groups excluding carboxylic acids is 1. The van der Waals surface area contributed by atoms with Crippen molar-refractivity contribution in [2.45, 2.75) is 12.5 Å². The fraction of sp³-hybridized carbons (Fsp3) is 0.238. The molecular formula is C21H20Cl2N6O3. The van der Waals surface area contributed by atoms with Gasteiger partial charge in [-0.2, -0.15) is 0 Å². The van der Waals surface area contributed by atoms with E-state index < -0.39 is 11.5 Å². The second-order valence-corrected chi connectivity index (χ2v) is 7.96. The van der Waals surface area contributed by atoms with Crippen molar-refractivity contribution in [3.8, 4) is 5.69 Å². The summed E-state index contributed by atoms with van der Waals surface area (Å²) in [4.78, 5) is 34.3. The highest BCUT2D eigenvalue weighted by Gasteiger charge is 2.21. The highest BCUT2D eigenvalue weighted by Crippen LogP contribution is 2.27. The summed E-state index contributed by atoms with van der Waals surface area (Å²) < 4.78 is 6.68. The van der Waals surface area contributed by atoms with Crippen LogP contribution in [-0.2, 0) is 4.74 Å². The monoisotopic (exact) mass is 474 g/mol. The summed E-state index contributed by atoms with van der Waals surface area (Å²) in [5, 5.41) is 6.51. The van der Waals surface area contributed by atoms with Crippen molar-refractivity contribution in [1.29, 1.82) is 0 Å². The number of carbonyl (C=O) groups is 1. The normalized spacial score (nSPS) is 16.4. The average molecular weight is 475 g/mol. The van der Waals surface area contributed by atoms with E-state index in [4.69, 9.17) is 33.7 Å². The summed E-state index contributed by atoms with van der Waals surface area (Å²) in [6.45, 7) is 2.00. The number of aromatic nitrogens is 3.